The fourth-order valence-corrected chi connectivity index (χ4v) is 4.02. The summed E-state index contributed by atoms with van der Waals surface area (Å²) in [6, 6.07) is 1.75. The van der Waals surface area contributed by atoms with Crippen LogP contribution in [0.2, 0.25) is 0 Å². The Morgan fingerprint density at radius 3 is 2.73 bits per heavy atom. The van der Waals surface area contributed by atoms with E-state index in [-0.39, 0.29) is 17.7 Å². The Balaban J connectivity index is 1.34. The van der Waals surface area contributed by atoms with E-state index in [2.05, 4.69) is 22.4 Å². The second-order valence-electron chi connectivity index (χ2n) is 7.92. The zero-order chi connectivity index (χ0) is 20.9. The van der Waals surface area contributed by atoms with E-state index >= 15 is 0 Å². The van der Waals surface area contributed by atoms with Crippen molar-refractivity contribution in [1.82, 2.24) is 30.0 Å². The molecule has 10 nitrogen and oxygen atoms in total. The summed E-state index contributed by atoms with van der Waals surface area (Å²) in [5.41, 5.74) is 0.727. The summed E-state index contributed by atoms with van der Waals surface area (Å²) in [5.74, 6) is 0.790. The monoisotopic (exact) mass is 416 g/mol. The van der Waals surface area contributed by atoms with Crippen LogP contribution in [-0.4, -0.2) is 81.2 Å². The van der Waals surface area contributed by atoms with Crippen LogP contribution in [0, 0.1) is 5.92 Å². The Morgan fingerprint density at radius 2 is 1.93 bits per heavy atom. The molecule has 2 aliphatic rings. The zero-order valence-corrected chi connectivity index (χ0v) is 17.3. The van der Waals surface area contributed by atoms with E-state index in [1.165, 1.54) is 0 Å². The molecule has 30 heavy (non-hydrogen) atoms. The summed E-state index contributed by atoms with van der Waals surface area (Å²) < 4.78 is 12.2. The minimum absolute atomic E-state index is 0.0902. The number of nitrogens with zero attached hydrogens (tertiary/aromatic N) is 6. The minimum atomic E-state index is -0.112. The lowest BCUT2D eigenvalue weighted by Gasteiger charge is -2.32. The Kier molecular flexibility index (Phi) is 6.41. The molecular formula is C20H28N6O4. The van der Waals surface area contributed by atoms with Crippen LogP contribution in [0.25, 0.3) is 0 Å². The number of hydrogen-bond donors (Lipinski definition) is 0. The average Bonchev–Trinajstić information content (AvgIpc) is 3.44. The van der Waals surface area contributed by atoms with Crippen LogP contribution >= 0.6 is 0 Å². The maximum Gasteiger partial charge on any atom is 0.276 e. The molecule has 0 aliphatic carbocycles. The Labute approximate surface area is 175 Å². The second-order valence-corrected chi connectivity index (χ2v) is 7.92. The molecule has 2 amide bonds. The molecule has 10 heteroatoms. The molecule has 4 heterocycles. The summed E-state index contributed by atoms with van der Waals surface area (Å²) in [6.07, 6.45) is 5.34. The predicted octanol–water partition coefficient (Wildman–Crippen LogP) is 1.24. The fraction of sp³-hybridized carbons (Fsp3) is 0.650. The van der Waals surface area contributed by atoms with Crippen LogP contribution in [0.5, 0.6) is 0 Å². The van der Waals surface area contributed by atoms with Gasteiger partial charge in [0.05, 0.1) is 19.4 Å². The molecule has 2 fully saturated rings. The van der Waals surface area contributed by atoms with Crippen molar-refractivity contribution in [2.45, 2.75) is 39.2 Å². The standard InChI is InChI=1S/C20H28N6O4/c1-2-4-16-11-17(22-30-16)19(27)25-6-3-5-15(12-25)13-26-14-18(21-23-26)20(28)24-7-9-29-10-8-24/h11,14-15H,2-10,12-13H2,1H3/t15-/m1/s1. The maximum atomic E-state index is 12.8. The maximum absolute atomic E-state index is 12.8. The average molecular weight is 416 g/mol. The van der Waals surface area contributed by atoms with E-state index in [9.17, 15) is 9.59 Å². The highest BCUT2D eigenvalue weighted by molar-refractivity contribution is 5.92. The van der Waals surface area contributed by atoms with Gasteiger partial charge in [0.15, 0.2) is 11.4 Å². The highest BCUT2D eigenvalue weighted by Crippen LogP contribution is 2.20. The normalized spacial score (nSPS) is 19.8. The first-order valence-corrected chi connectivity index (χ1v) is 10.7. The summed E-state index contributed by atoms with van der Waals surface area (Å²) in [6.45, 7) is 6.27. The first-order chi connectivity index (χ1) is 14.6. The molecule has 0 saturated carbocycles. The first-order valence-electron chi connectivity index (χ1n) is 10.7. The highest BCUT2D eigenvalue weighted by atomic mass is 16.5. The fourth-order valence-electron chi connectivity index (χ4n) is 4.02. The lowest BCUT2D eigenvalue weighted by Crippen LogP contribution is -2.41. The van der Waals surface area contributed by atoms with E-state index in [4.69, 9.17) is 9.26 Å². The number of aromatic nitrogens is 4. The number of amides is 2. The van der Waals surface area contributed by atoms with Gasteiger partial charge in [-0.15, -0.1) is 5.10 Å². The van der Waals surface area contributed by atoms with Gasteiger partial charge in [0.25, 0.3) is 11.8 Å². The first kappa shape index (κ1) is 20.5. The van der Waals surface area contributed by atoms with Gasteiger partial charge in [-0.05, 0) is 25.2 Å². The molecule has 1 atom stereocenters. The van der Waals surface area contributed by atoms with Gasteiger partial charge in [0.2, 0.25) is 0 Å². The molecule has 0 spiro atoms. The van der Waals surface area contributed by atoms with Crippen LogP contribution in [0.15, 0.2) is 16.8 Å². The van der Waals surface area contributed by atoms with Crippen molar-refractivity contribution in [2.75, 3.05) is 39.4 Å². The molecule has 0 radical (unpaired) electrons. The van der Waals surface area contributed by atoms with Crippen LogP contribution in [0.4, 0.5) is 0 Å². The van der Waals surface area contributed by atoms with Gasteiger partial charge in [0, 0.05) is 45.2 Å². The van der Waals surface area contributed by atoms with Gasteiger partial charge in [-0.1, -0.05) is 17.3 Å². The summed E-state index contributed by atoms with van der Waals surface area (Å²) in [4.78, 5) is 28.9. The number of hydrogen-bond acceptors (Lipinski definition) is 7. The molecule has 0 bridgehead atoms. The Morgan fingerprint density at radius 1 is 1.13 bits per heavy atom. The SMILES string of the molecule is CCCc1cc(C(=O)N2CCC[C@@H](Cn3cc(C(=O)N4CCOCC4)nn3)C2)no1. The molecule has 0 N–H and O–H groups in total. The summed E-state index contributed by atoms with van der Waals surface area (Å²) in [5, 5.41) is 12.1. The van der Waals surface area contributed by atoms with Crippen LogP contribution in [0.3, 0.4) is 0 Å². The third kappa shape index (κ3) is 4.69. The topological polar surface area (TPSA) is 107 Å². The van der Waals surface area contributed by atoms with Crippen LogP contribution in [-0.2, 0) is 17.7 Å². The van der Waals surface area contributed by atoms with Crippen LogP contribution < -0.4 is 0 Å². The van der Waals surface area contributed by atoms with Crippen molar-refractivity contribution in [2.24, 2.45) is 5.92 Å². The van der Waals surface area contributed by atoms with Gasteiger partial charge in [-0.3, -0.25) is 14.3 Å². The Bertz CT molecular complexity index is 872. The third-order valence-corrected chi connectivity index (χ3v) is 5.58. The van der Waals surface area contributed by atoms with Crippen molar-refractivity contribution < 1.29 is 18.8 Å². The highest BCUT2D eigenvalue weighted by Gasteiger charge is 2.27. The van der Waals surface area contributed by atoms with E-state index in [1.54, 1.807) is 21.8 Å². The molecule has 4 rings (SSSR count). The number of rotatable bonds is 6. The number of morpholine rings is 1. The van der Waals surface area contributed by atoms with Crippen LogP contribution in [0.1, 0.15) is 52.9 Å². The van der Waals surface area contributed by atoms with Gasteiger partial charge in [-0.2, -0.15) is 0 Å². The zero-order valence-electron chi connectivity index (χ0n) is 17.3. The predicted molar refractivity (Wildman–Crippen MR) is 106 cm³/mol. The van der Waals surface area contributed by atoms with Crippen molar-refractivity contribution in [3.8, 4) is 0 Å². The quantitative estimate of drug-likeness (QED) is 0.697. The van der Waals surface area contributed by atoms with Crippen molar-refractivity contribution in [1.29, 1.82) is 0 Å². The molecule has 2 aliphatic heterocycles. The number of carbonyl (C=O) groups is 2. The van der Waals surface area contributed by atoms with Gasteiger partial charge in [-0.25, -0.2) is 0 Å². The minimum Gasteiger partial charge on any atom is -0.378 e. The van der Waals surface area contributed by atoms with Gasteiger partial charge < -0.3 is 19.1 Å². The van der Waals surface area contributed by atoms with E-state index in [0.29, 0.717) is 57.3 Å². The Hall–Kier alpha value is -2.75. The smallest absolute Gasteiger partial charge is 0.276 e. The molecule has 0 unspecified atom stereocenters. The van der Waals surface area contributed by atoms with E-state index in [0.717, 1.165) is 31.4 Å². The number of likely N-dealkylation sites (tertiary alicyclic amines) is 1. The molecule has 2 aromatic rings. The third-order valence-electron chi connectivity index (χ3n) is 5.58. The van der Waals surface area contributed by atoms with Gasteiger partial charge >= 0.3 is 0 Å². The molecule has 0 aromatic carbocycles. The number of piperidine rings is 1. The number of ether oxygens (including phenoxy) is 1. The van der Waals surface area contributed by atoms with E-state index < -0.39 is 0 Å². The molecule has 2 aromatic heterocycles. The van der Waals surface area contributed by atoms with Crippen molar-refractivity contribution in [3.05, 3.63) is 29.4 Å². The lowest BCUT2D eigenvalue weighted by molar-refractivity contribution is 0.0299. The van der Waals surface area contributed by atoms with Crippen molar-refractivity contribution >= 4 is 11.8 Å². The summed E-state index contributed by atoms with van der Waals surface area (Å²) >= 11 is 0. The molecule has 162 valence electrons. The largest absolute Gasteiger partial charge is 0.378 e. The molecular weight excluding hydrogens is 388 g/mol. The molecule has 2 saturated heterocycles. The van der Waals surface area contributed by atoms with Gasteiger partial charge in [0.1, 0.15) is 5.76 Å². The summed E-state index contributed by atoms with van der Waals surface area (Å²) in [7, 11) is 0. The second kappa shape index (κ2) is 9.38. The lowest BCUT2D eigenvalue weighted by atomic mass is 9.97. The van der Waals surface area contributed by atoms with Crippen molar-refractivity contribution in [3.63, 3.8) is 0 Å². The number of carbonyl (C=O) groups excluding carboxylic acids is 2. The number of aryl methyl sites for hydroxylation is 1. The van der Waals surface area contributed by atoms with E-state index in [1.807, 2.05) is 4.90 Å².